The molecule has 1 rings (SSSR count). The van der Waals surface area contributed by atoms with Gasteiger partial charge in [0.25, 0.3) is 0 Å². The Hall–Kier alpha value is -1.49. The van der Waals surface area contributed by atoms with Crippen LogP contribution < -0.4 is 0 Å². The molecule has 15 heavy (non-hydrogen) atoms. The smallest absolute Gasteiger partial charge is 0.342 e. The van der Waals surface area contributed by atoms with Gasteiger partial charge in [0, 0.05) is 11.8 Å². The van der Waals surface area contributed by atoms with Gasteiger partial charge >= 0.3 is 5.97 Å². The molecule has 0 spiro atoms. The second kappa shape index (κ2) is 4.35. The highest BCUT2D eigenvalue weighted by atomic mass is 19.1. The topological polar surface area (TPSA) is 59.4 Å². The second-order valence-corrected chi connectivity index (χ2v) is 3.15. The molecule has 0 saturated heterocycles. The SMILES string of the molecule is CCOC(=O)C(C)(O)c1ccncc1F. The van der Waals surface area contributed by atoms with Gasteiger partial charge in [-0.15, -0.1) is 0 Å². The van der Waals surface area contributed by atoms with Crippen molar-refractivity contribution in [1.29, 1.82) is 0 Å². The van der Waals surface area contributed by atoms with E-state index in [4.69, 9.17) is 0 Å². The monoisotopic (exact) mass is 213 g/mol. The summed E-state index contributed by atoms with van der Waals surface area (Å²) in [5.74, 6) is -1.62. The molecule has 0 fully saturated rings. The van der Waals surface area contributed by atoms with E-state index in [-0.39, 0.29) is 12.2 Å². The molecule has 82 valence electrons. The van der Waals surface area contributed by atoms with Gasteiger partial charge in [-0.05, 0) is 19.9 Å². The van der Waals surface area contributed by atoms with Crippen LogP contribution in [-0.4, -0.2) is 22.7 Å². The Labute approximate surface area is 86.7 Å². The number of hydrogen-bond donors (Lipinski definition) is 1. The van der Waals surface area contributed by atoms with E-state index in [1.165, 1.54) is 19.2 Å². The van der Waals surface area contributed by atoms with Crippen LogP contribution >= 0.6 is 0 Å². The van der Waals surface area contributed by atoms with E-state index < -0.39 is 17.4 Å². The molecule has 0 radical (unpaired) electrons. The van der Waals surface area contributed by atoms with Gasteiger partial charge in [-0.2, -0.15) is 0 Å². The number of nitrogens with zero attached hydrogens (tertiary/aromatic N) is 1. The van der Waals surface area contributed by atoms with Crippen LogP contribution in [0.3, 0.4) is 0 Å². The van der Waals surface area contributed by atoms with Gasteiger partial charge in [-0.3, -0.25) is 4.98 Å². The summed E-state index contributed by atoms with van der Waals surface area (Å²) in [5, 5.41) is 9.82. The Morgan fingerprint density at radius 2 is 2.40 bits per heavy atom. The molecule has 0 amide bonds. The van der Waals surface area contributed by atoms with E-state index in [2.05, 4.69) is 9.72 Å². The summed E-state index contributed by atoms with van der Waals surface area (Å²) in [7, 11) is 0. The van der Waals surface area contributed by atoms with Crippen molar-refractivity contribution in [3.63, 3.8) is 0 Å². The molecule has 1 unspecified atom stereocenters. The van der Waals surface area contributed by atoms with Gasteiger partial charge in [0.2, 0.25) is 0 Å². The van der Waals surface area contributed by atoms with Crippen molar-refractivity contribution in [2.75, 3.05) is 6.61 Å². The molecule has 1 N–H and O–H groups in total. The molecule has 0 aliphatic heterocycles. The zero-order chi connectivity index (χ0) is 11.5. The number of halogens is 1. The predicted octanol–water partition coefficient (Wildman–Crippen LogP) is 0.991. The molecule has 0 bridgehead atoms. The minimum Gasteiger partial charge on any atom is -0.464 e. The molecule has 0 aromatic carbocycles. The quantitative estimate of drug-likeness (QED) is 0.761. The zero-order valence-electron chi connectivity index (χ0n) is 8.53. The van der Waals surface area contributed by atoms with Crippen LogP contribution in [0.15, 0.2) is 18.5 Å². The maximum atomic E-state index is 13.3. The first kappa shape index (κ1) is 11.6. The number of pyridine rings is 1. The number of esters is 1. The average molecular weight is 213 g/mol. The van der Waals surface area contributed by atoms with Crippen molar-refractivity contribution in [2.24, 2.45) is 0 Å². The minimum atomic E-state index is -1.98. The Bertz CT molecular complexity index is 365. The van der Waals surface area contributed by atoms with Gasteiger partial charge in [0.1, 0.15) is 5.82 Å². The third-order valence-corrected chi connectivity index (χ3v) is 1.97. The first-order valence-corrected chi connectivity index (χ1v) is 4.49. The van der Waals surface area contributed by atoms with Crippen molar-refractivity contribution in [1.82, 2.24) is 4.98 Å². The van der Waals surface area contributed by atoms with E-state index in [1.54, 1.807) is 6.92 Å². The summed E-state index contributed by atoms with van der Waals surface area (Å²) in [5.41, 5.74) is -2.13. The van der Waals surface area contributed by atoms with Crippen molar-refractivity contribution in [3.05, 3.63) is 29.8 Å². The lowest BCUT2D eigenvalue weighted by molar-refractivity contribution is -0.164. The largest absolute Gasteiger partial charge is 0.464 e. The fourth-order valence-electron chi connectivity index (χ4n) is 1.15. The first-order valence-electron chi connectivity index (χ1n) is 4.49. The second-order valence-electron chi connectivity index (χ2n) is 3.15. The summed E-state index contributed by atoms with van der Waals surface area (Å²) in [6.07, 6.45) is 2.23. The number of aliphatic hydroxyl groups is 1. The molecule has 1 heterocycles. The Morgan fingerprint density at radius 1 is 1.73 bits per heavy atom. The number of carbonyl (C=O) groups excluding carboxylic acids is 1. The van der Waals surface area contributed by atoms with Crippen LogP contribution in [0, 0.1) is 5.82 Å². The van der Waals surface area contributed by atoms with E-state index in [1.807, 2.05) is 0 Å². The molecule has 1 aromatic heterocycles. The lowest BCUT2D eigenvalue weighted by atomic mass is 9.97. The molecule has 1 atom stereocenters. The Kier molecular flexibility index (Phi) is 3.36. The molecule has 5 heteroatoms. The van der Waals surface area contributed by atoms with Gasteiger partial charge in [-0.25, -0.2) is 9.18 Å². The third kappa shape index (κ3) is 2.30. The number of hydrogen-bond acceptors (Lipinski definition) is 4. The number of aromatic nitrogens is 1. The summed E-state index contributed by atoms with van der Waals surface area (Å²) in [6, 6.07) is 1.24. The van der Waals surface area contributed by atoms with E-state index in [0.29, 0.717) is 0 Å². The summed E-state index contributed by atoms with van der Waals surface area (Å²) < 4.78 is 17.9. The summed E-state index contributed by atoms with van der Waals surface area (Å²) in [4.78, 5) is 14.9. The third-order valence-electron chi connectivity index (χ3n) is 1.97. The Morgan fingerprint density at radius 3 is 2.93 bits per heavy atom. The van der Waals surface area contributed by atoms with E-state index in [9.17, 15) is 14.3 Å². The number of ether oxygens (including phenoxy) is 1. The Balaban J connectivity index is 3.05. The normalized spacial score (nSPS) is 14.4. The lowest BCUT2D eigenvalue weighted by Gasteiger charge is -2.21. The van der Waals surface area contributed by atoms with Crippen molar-refractivity contribution >= 4 is 5.97 Å². The highest BCUT2D eigenvalue weighted by Crippen LogP contribution is 2.23. The predicted molar refractivity (Wildman–Crippen MR) is 50.4 cm³/mol. The fraction of sp³-hybridized carbons (Fsp3) is 0.400. The van der Waals surface area contributed by atoms with Crippen LogP contribution in [0.4, 0.5) is 4.39 Å². The summed E-state index contributed by atoms with van der Waals surface area (Å²) >= 11 is 0. The van der Waals surface area contributed by atoms with Gasteiger partial charge in [0.05, 0.1) is 12.8 Å². The van der Waals surface area contributed by atoms with Crippen molar-refractivity contribution in [3.8, 4) is 0 Å². The number of rotatable bonds is 3. The lowest BCUT2D eigenvalue weighted by Crippen LogP contribution is -2.35. The summed E-state index contributed by atoms with van der Waals surface area (Å²) in [6.45, 7) is 2.92. The average Bonchev–Trinajstić information content (AvgIpc) is 2.18. The van der Waals surface area contributed by atoms with Crippen LogP contribution in [0.2, 0.25) is 0 Å². The van der Waals surface area contributed by atoms with Gasteiger partial charge in [-0.1, -0.05) is 0 Å². The molecule has 0 aliphatic carbocycles. The molecule has 0 saturated carbocycles. The molecule has 1 aromatic rings. The van der Waals surface area contributed by atoms with Crippen LogP contribution in [0.1, 0.15) is 19.4 Å². The molecule has 4 nitrogen and oxygen atoms in total. The highest BCUT2D eigenvalue weighted by Gasteiger charge is 2.36. The van der Waals surface area contributed by atoms with Crippen molar-refractivity contribution < 1.29 is 19.0 Å². The minimum absolute atomic E-state index is 0.127. The molecular formula is C10H12FNO3. The zero-order valence-corrected chi connectivity index (χ0v) is 8.53. The molecular weight excluding hydrogens is 201 g/mol. The van der Waals surface area contributed by atoms with Gasteiger partial charge < -0.3 is 9.84 Å². The fourth-order valence-corrected chi connectivity index (χ4v) is 1.15. The van der Waals surface area contributed by atoms with E-state index in [0.717, 1.165) is 6.20 Å². The van der Waals surface area contributed by atoms with Crippen LogP contribution in [0.25, 0.3) is 0 Å². The molecule has 0 aliphatic rings. The maximum Gasteiger partial charge on any atom is 0.342 e. The highest BCUT2D eigenvalue weighted by molar-refractivity contribution is 5.80. The first-order chi connectivity index (χ1) is 7.00. The maximum absolute atomic E-state index is 13.3. The van der Waals surface area contributed by atoms with Crippen LogP contribution in [-0.2, 0) is 15.1 Å². The van der Waals surface area contributed by atoms with Crippen molar-refractivity contribution in [2.45, 2.75) is 19.4 Å². The van der Waals surface area contributed by atoms with Gasteiger partial charge in [0.15, 0.2) is 5.60 Å². The standard InChI is InChI=1S/C10H12FNO3/c1-3-15-9(13)10(2,14)7-4-5-12-6-8(7)11/h4-6,14H,3H2,1-2H3. The van der Waals surface area contributed by atoms with E-state index >= 15 is 0 Å². The van der Waals surface area contributed by atoms with Crippen LogP contribution in [0.5, 0.6) is 0 Å². The number of carbonyl (C=O) groups is 1.